The van der Waals surface area contributed by atoms with E-state index >= 15 is 0 Å². The topological polar surface area (TPSA) is 47.0 Å². The molecule has 0 spiro atoms. The summed E-state index contributed by atoms with van der Waals surface area (Å²) in [6, 6.07) is 7.57. The van der Waals surface area contributed by atoms with Gasteiger partial charge in [-0.2, -0.15) is 0 Å². The molecule has 1 aromatic heterocycles. The van der Waals surface area contributed by atoms with Crippen molar-refractivity contribution >= 4 is 27.6 Å². The highest BCUT2D eigenvalue weighted by Crippen LogP contribution is 2.29. The zero-order valence-corrected chi connectivity index (χ0v) is 11.2. The van der Waals surface area contributed by atoms with Crippen LogP contribution in [0.3, 0.4) is 0 Å². The molecular formula is C12H12BrN3O. The molecule has 0 radical (unpaired) electrons. The number of benzene rings is 1. The quantitative estimate of drug-likeness (QED) is 0.943. The van der Waals surface area contributed by atoms with Gasteiger partial charge in [0.05, 0.1) is 12.8 Å². The molecule has 0 saturated carbocycles. The van der Waals surface area contributed by atoms with Gasteiger partial charge < -0.3 is 10.1 Å². The monoisotopic (exact) mass is 293 g/mol. The molecule has 1 heterocycles. The molecule has 0 aliphatic rings. The molecule has 0 bridgehead atoms. The number of ether oxygens (including phenoxy) is 1. The summed E-state index contributed by atoms with van der Waals surface area (Å²) in [6.45, 7) is 1.92. The molecule has 1 aromatic carbocycles. The normalized spacial score (nSPS) is 10.1. The molecule has 88 valence electrons. The molecule has 2 aromatic rings. The minimum absolute atomic E-state index is 0.557. The van der Waals surface area contributed by atoms with E-state index in [4.69, 9.17) is 4.74 Å². The molecule has 2 rings (SSSR count). The Morgan fingerprint density at radius 3 is 2.82 bits per heavy atom. The number of methoxy groups -OCH3 is 1. The third-order valence-corrected chi connectivity index (χ3v) is 2.70. The predicted molar refractivity (Wildman–Crippen MR) is 70.7 cm³/mol. The Morgan fingerprint density at radius 1 is 1.29 bits per heavy atom. The van der Waals surface area contributed by atoms with Crippen LogP contribution in [0.5, 0.6) is 5.75 Å². The molecule has 0 aliphatic carbocycles. The van der Waals surface area contributed by atoms with Crippen molar-refractivity contribution in [3.63, 3.8) is 0 Å². The molecule has 0 unspecified atom stereocenters. The first-order chi connectivity index (χ1) is 8.19. The summed E-state index contributed by atoms with van der Waals surface area (Å²) in [5.74, 6) is 1.31. The average Bonchev–Trinajstić information content (AvgIpc) is 2.29. The van der Waals surface area contributed by atoms with Crippen LogP contribution in [0.25, 0.3) is 0 Å². The number of halogens is 1. The Kier molecular flexibility index (Phi) is 3.58. The van der Waals surface area contributed by atoms with Crippen molar-refractivity contribution in [2.45, 2.75) is 6.92 Å². The van der Waals surface area contributed by atoms with Gasteiger partial charge in [0.2, 0.25) is 5.95 Å². The fourth-order valence-corrected chi connectivity index (χ4v) is 1.77. The number of aromatic nitrogens is 2. The van der Waals surface area contributed by atoms with Gasteiger partial charge in [-0.15, -0.1) is 0 Å². The summed E-state index contributed by atoms with van der Waals surface area (Å²) < 4.78 is 6.23. The molecule has 0 saturated heterocycles. The lowest BCUT2D eigenvalue weighted by Crippen LogP contribution is -1.99. The zero-order chi connectivity index (χ0) is 12.3. The third-order valence-electron chi connectivity index (χ3n) is 2.20. The van der Waals surface area contributed by atoms with E-state index in [1.807, 2.05) is 31.2 Å². The standard InChI is InChI=1S/C12H12BrN3O/c1-8-5-6-14-12(15-8)16-10-7-9(13)3-4-11(10)17-2/h3-7H,1-2H3,(H,14,15,16). The average molecular weight is 294 g/mol. The first-order valence-corrected chi connectivity index (χ1v) is 5.88. The fourth-order valence-electron chi connectivity index (χ4n) is 1.41. The van der Waals surface area contributed by atoms with Crippen LogP contribution in [0.1, 0.15) is 5.69 Å². The van der Waals surface area contributed by atoms with Crippen molar-refractivity contribution in [1.82, 2.24) is 9.97 Å². The fraction of sp³-hybridized carbons (Fsp3) is 0.167. The van der Waals surface area contributed by atoms with E-state index < -0.39 is 0 Å². The van der Waals surface area contributed by atoms with Crippen molar-refractivity contribution in [1.29, 1.82) is 0 Å². The summed E-state index contributed by atoms with van der Waals surface area (Å²) in [4.78, 5) is 8.43. The van der Waals surface area contributed by atoms with Crippen LogP contribution >= 0.6 is 15.9 Å². The van der Waals surface area contributed by atoms with Gasteiger partial charge in [-0.1, -0.05) is 15.9 Å². The Morgan fingerprint density at radius 2 is 2.12 bits per heavy atom. The van der Waals surface area contributed by atoms with Gasteiger partial charge in [-0.05, 0) is 31.2 Å². The molecule has 0 aliphatic heterocycles. The summed E-state index contributed by atoms with van der Waals surface area (Å²) in [5.41, 5.74) is 1.74. The largest absolute Gasteiger partial charge is 0.495 e. The van der Waals surface area contributed by atoms with Crippen LogP contribution in [0.15, 0.2) is 34.9 Å². The van der Waals surface area contributed by atoms with E-state index in [2.05, 4.69) is 31.2 Å². The lowest BCUT2D eigenvalue weighted by Gasteiger charge is -2.10. The molecule has 1 N–H and O–H groups in total. The summed E-state index contributed by atoms with van der Waals surface area (Å²) in [5, 5.41) is 3.13. The highest BCUT2D eigenvalue weighted by Gasteiger charge is 2.05. The van der Waals surface area contributed by atoms with E-state index in [1.54, 1.807) is 13.3 Å². The Bertz CT molecular complexity index is 531. The molecule has 17 heavy (non-hydrogen) atoms. The number of anilines is 2. The van der Waals surface area contributed by atoms with Gasteiger partial charge in [0.1, 0.15) is 5.75 Å². The molecular weight excluding hydrogens is 282 g/mol. The number of nitrogens with one attached hydrogen (secondary N) is 1. The van der Waals surface area contributed by atoms with Crippen molar-refractivity contribution in [2.24, 2.45) is 0 Å². The second-order valence-electron chi connectivity index (χ2n) is 3.49. The zero-order valence-electron chi connectivity index (χ0n) is 9.57. The van der Waals surface area contributed by atoms with Gasteiger partial charge in [-0.3, -0.25) is 0 Å². The van der Waals surface area contributed by atoms with Crippen molar-refractivity contribution in [2.75, 3.05) is 12.4 Å². The number of hydrogen-bond donors (Lipinski definition) is 1. The number of nitrogens with zero attached hydrogens (tertiary/aromatic N) is 2. The summed E-state index contributed by atoms with van der Waals surface area (Å²) in [7, 11) is 1.63. The number of hydrogen-bond acceptors (Lipinski definition) is 4. The Balaban J connectivity index is 2.32. The minimum Gasteiger partial charge on any atom is -0.495 e. The van der Waals surface area contributed by atoms with Crippen molar-refractivity contribution < 1.29 is 4.74 Å². The van der Waals surface area contributed by atoms with Crippen LogP contribution in [0, 0.1) is 6.92 Å². The van der Waals surface area contributed by atoms with Crippen LogP contribution in [-0.2, 0) is 0 Å². The lowest BCUT2D eigenvalue weighted by molar-refractivity contribution is 0.416. The maximum Gasteiger partial charge on any atom is 0.227 e. The molecule has 0 atom stereocenters. The second-order valence-corrected chi connectivity index (χ2v) is 4.41. The molecule has 0 fully saturated rings. The van der Waals surface area contributed by atoms with Gasteiger partial charge in [0.25, 0.3) is 0 Å². The second kappa shape index (κ2) is 5.14. The SMILES string of the molecule is COc1ccc(Br)cc1Nc1nccc(C)n1. The van der Waals surface area contributed by atoms with Gasteiger partial charge in [-0.25, -0.2) is 9.97 Å². The summed E-state index contributed by atoms with van der Waals surface area (Å²) >= 11 is 3.42. The smallest absolute Gasteiger partial charge is 0.227 e. The first kappa shape index (κ1) is 11.9. The van der Waals surface area contributed by atoms with Gasteiger partial charge >= 0.3 is 0 Å². The molecule has 5 heteroatoms. The highest BCUT2D eigenvalue weighted by atomic mass is 79.9. The van der Waals surface area contributed by atoms with Crippen LogP contribution in [0.4, 0.5) is 11.6 Å². The van der Waals surface area contributed by atoms with Crippen LogP contribution in [0.2, 0.25) is 0 Å². The maximum atomic E-state index is 5.26. The van der Waals surface area contributed by atoms with Crippen molar-refractivity contribution in [3.8, 4) is 5.75 Å². The van der Waals surface area contributed by atoms with Crippen molar-refractivity contribution in [3.05, 3.63) is 40.6 Å². The molecule has 0 amide bonds. The number of rotatable bonds is 3. The van der Waals surface area contributed by atoms with Gasteiger partial charge in [0.15, 0.2) is 0 Å². The van der Waals surface area contributed by atoms with E-state index in [0.29, 0.717) is 5.95 Å². The molecule has 4 nitrogen and oxygen atoms in total. The van der Waals surface area contributed by atoms with E-state index in [9.17, 15) is 0 Å². The van der Waals surface area contributed by atoms with Crippen LogP contribution < -0.4 is 10.1 Å². The predicted octanol–water partition coefficient (Wildman–Crippen LogP) is 3.30. The highest BCUT2D eigenvalue weighted by molar-refractivity contribution is 9.10. The summed E-state index contributed by atoms with van der Waals surface area (Å²) in [6.07, 6.45) is 1.72. The minimum atomic E-state index is 0.557. The third kappa shape index (κ3) is 2.94. The first-order valence-electron chi connectivity index (χ1n) is 5.09. The maximum absolute atomic E-state index is 5.26. The van der Waals surface area contributed by atoms with Gasteiger partial charge in [0, 0.05) is 16.4 Å². The number of aryl methyl sites for hydroxylation is 1. The van der Waals surface area contributed by atoms with E-state index in [0.717, 1.165) is 21.6 Å². The Labute approximate surface area is 108 Å². The Hall–Kier alpha value is -1.62. The lowest BCUT2D eigenvalue weighted by atomic mass is 10.3. The van der Waals surface area contributed by atoms with E-state index in [-0.39, 0.29) is 0 Å². The van der Waals surface area contributed by atoms with E-state index in [1.165, 1.54) is 0 Å². The van der Waals surface area contributed by atoms with Crippen LogP contribution in [-0.4, -0.2) is 17.1 Å².